The van der Waals surface area contributed by atoms with Crippen LogP contribution in [0.4, 0.5) is 0 Å². The van der Waals surface area contributed by atoms with E-state index in [4.69, 9.17) is 9.97 Å². The third-order valence-corrected chi connectivity index (χ3v) is 9.99. The molecule has 10 aromatic rings. The van der Waals surface area contributed by atoms with Crippen molar-refractivity contribution in [2.45, 2.75) is 13.8 Å². The summed E-state index contributed by atoms with van der Waals surface area (Å²) < 4.78 is 2.25. The van der Waals surface area contributed by atoms with Crippen molar-refractivity contribution in [1.29, 1.82) is 0 Å². The molecule has 0 saturated heterocycles. The van der Waals surface area contributed by atoms with E-state index in [1.165, 1.54) is 54.6 Å². The molecule has 3 heterocycles. The van der Waals surface area contributed by atoms with E-state index in [0.29, 0.717) is 5.95 Å². The first-order valence-electron chi connectivity index (χ1n) is 16.4. The number of benzene rings is 7. The number of H-pyrrole nitrogens is 1. The first-order valence-corrected chi connectivity index (χ1v) is 16.4. The van der Waals surface area contributed by atoms with Crippen molar-refractivity contribution in [2.75, 3.05) is 0 Å². The van der Waals surface area contributed by atoms with Gasteiger partial charge in [0.1, 0.15) is 0 Å². The highest BCUT2D eigenvalue weighted by atomic mass is 15.2. The fraction of sp³-hybridized carbons (Fsp3) is 0.0455. The molecule has 226 valence electrons. The molecule has 4 nitrogen and oxygen atoms in total. The second-order valence-electron chi connectivity index (χ2n) is 12.8. The summed E-state index contributed by atoms with van der Waals surface area (Å²) in [7, 11) is 0. The number of nitrogens with one attached hydrogen (secondary N) is 1. The molecule has 0 saturated carbocycles. The second kappa shape index (κ2) is 10.1. The predicted molar refractivity (Wildman–Crippen MR) is 201 cm³/mol. The van der Waals surface area contributed by atoms with E-state index in [1.54, 1.807) is 0 Å². The molecule has 0 spiro atoms. The van der Waals surface area contributed by atoms with Crippen LogP contribution in [0.1, 0.15) is 11.1 Å². The standard InChI is InChI=1S/C44H30N4/c1-26-20-21-28-22-23-39-42(41(28)40(26)33-25-37-34(24-27(33)2)30-14-6-9-17-35(30)45-37)32-16-8-11-19-38(32)48(39)44-46-36-18-10-7-15-31(36)43(47-44)29-12-4-3-5-13-29/h3-25,45H,1-2H3. The van der Waals surface area contributed by atoms with Gasteiger partial charge in [-0.2, -0.15) is 0 Å². The van der Waals surface area contributed by atoms with Crippen LogP contribution in [-0.4, -0.2) is 19.5 Å². The van der Waals surface area contributed by atoms with E-state index < -0.39 is 0 Å². The van der Waals surface area contributed by atoms with Gasteiger partial charge in [-0.25, -0.2) is 9.97 Å². The Hall–Kier alpha value is -6.26. The summed E-state index contributed by atoms with van der Waals surface area (Å²) in [5.74, 6) is 0.669. The minimum absolute atomic E-state index is 0.669. The highest BCUT2D eigenvalue weighted by Gasteiger charge is 2.22. The lowest BCUT2D eigenvalue weighted by molar-refractivity contribution is 1.01. The Morgan fingerprint density at radius 1 is 0.521 bits per heavy atom. The second-order valence-corrected chi connectivity index (χ2v) is 12.8. The summed E-state index contributed by atoms with van der Waals surface area (Å²) in [4.78, 5) is 14.2. The van der Waals surface area contributed by atoms with Gasteiger partial charge in [-0.3, -0.25) is 4.57 Å². The summed E-state index contributed by atoms with van der Waals surface area (Å²) >= 11 is 0. The number of aromatic nitrogens is 4. The van der Waals surface area contributed by atoms with Gasteiger partial charge in [0.15, 0.2) is 0 Å². The predicted octanol–water partition coefficient (Wildman–Crippen LogP) is 11.5. The summed E-state index contributed by atoms with van der Waals surface area (Å²) in [6.07, 6.45) is 0. The van der Waals surface area contributed by atoms with Crippen LogP contribution in [0.2, 0.25) is 0 Å². The summed E-state index contributed by atoms with van der Waals surface area (Å²) in [5.41, 5.74) is 12.4. The maximum atomic E-state index is 5.31. The highest BCUT2D eigenvalue weighted by Crippen LogP contribution is 2.44. The smallest absolute Gasteiger partial charge is 0.235 e. The Kier molecular flexibility index (Phi) is 5.67. The lowest BCUT2D eigenvalue weighted by Gasteiger charge is -2.16. The molecule has 0 aliphatic heterocycles. The molecule has 7 aromatic carbocycles. The largest absolute Gasteiger partial charge is 0.354 e. The summed E-state index contributed by atoms with van der Waals surface area (Å²) in [6.45, 7) is 4.48. The van der Waals surface area contributed by atoms with E-state index in [2.05, 4.69) is 157 Å². The molecule has 0 unspecified atom stereocenters. The highest BCUT2D eigenvalue weighted by molar-refractivity contribution is 6.25. The van der Waals surface area contributed by atoms with Crippen molar-refractivity contribution >= 4 is 65.3 Å². The lowest BCUT2D eigenvalue weighted by Crippen LogP contribution is -2.03. The van der Waals surface area contributed by atoms with Crippen molar-refractivity contribution in [3.05, 3.63) is 151 Å². The number of para-hydroxylation sites is 3. The van der Waals surface area contributed by atoms with Gasteiger partial charge in [0.25, 0.3) is 0 Å². The SMILES string of the molecule is Cc1cc2c(cc1-c1c(C)ccc3ccc4c(c5ccccc5n4-c4nc(-c5ccccc5)c5ccccc5n4)c13)[nH]c1ccccc12. The molecule has 0 atom stereocenters. The van der Waals surface area contributed by atoms with Crippen LogP contribution in [0.3, 0.4) is 0 Å². The van der Waals surface area contributed by atoms with Gasteiger partial charge in [-0.05, 0) is 83.3 Å². The van der Waals surface area contributed by atoms with Crippen LogP contribution < -0.4 is 0 Å². The number of fused-ring (bicyclic) bond motifs is 9. The van der Waals surface area contributed by atoms with Crippen molar-refractivity contribution in [3.8, 4) is 28.3 Å². The first-order chi connectivity index (χ1) is 23.6. The fourth-order valence-electron chi connectivity index (χ4n) is 7.80. The Balaban J connectivity index is 1.32. The Morgan fingerprint density at radius 2 is 1.25 bits per heavy atom. The Morgan fingerprint density at radius 3 is 2.12 bits per heavy atom. The molecule has 10 rings (SSSR count). The third kappa shape index (κ3) is 3.83. The minimum Gasteiger partial charge on any atom is -0.354 e. The van der Waals surface area contributed by atoms with Crippen LogP contribution in [0.5, 0.6) is 0 Å². The number of nitrogens with zero attached hydrogens (tertiary/aromatic N) is 3. The molecule has 0 radical (unpaired) electrons. The van der Waals surface area contributed by atoms with Gasteiger partial charge in [-0.15, -0.1) is 0 Å². The van der Waals surface area contributed by atoms with E-state index in [1.807, 2.05) is 6.07 Å². The third-order valence-electron chi connectivity index (χ3n) is 9.99. The van der Waals surface area contributed by atoms with E-state index in [9.17, 15) is 0 Å². The molecule has 0 fully saturated rings. The molecule has 0 aliphatic rings. The zero-order valence-corrected chi connectivity index (χ0v) is 26.6. The van der Waals surface area contributed by atoms with Gasteiger partial charge in [-0.1, -0.05) is 103 Å². The monoisotopic (exact) mass is 614 g/mol. The lowest BCUT2D eigenvalue weighted by atomic mass is 9.88. The molecule has 3 aromatic heterocycles. The van der Waals surface area contributed by atoms with Crippen LogP contribution in [0, 0.1) is 13.8 Å². The van der Waals surface area contributed by atoms with Crippen LogP contribution in [-0.2, 0) is 0 Å². The van der Waals surface area contributed by atoms with Gasteiger partial charge >= 0.3 is 0 Å². The Bertz CT molecular complexity index is 2910. The molecule has 0 bridgehead atoms. The molecule has 48 heavy (non-hydrogen) atoms. The molecule has 1 N–H and O–H groups in total. The molecule has 0 aliphatic carbocycles. The van der Waals surface area contributed by atoms with E-state index >= 15 is 0 Å². The van der Waals surface area contributed by atoms with Crippen molar-refractivity contribution in [3.63, 3.8) is 0 Å². The summed E-state index contributed by atoms with van der Waals surface area (Å²) in [6, 6.07) is 49.7. The normalized spacial score (nSPS) is 12.0. The van der Waals surface area contributed by atoms with Crippen molar-refractivity contribution < 1.29 is 0 Å². The zero-order valence-electron chi connectivity index (χ0n) is 26.6. The minimum atomic E-state index is 0.669. The number of aryl methyl sites for hydroxylation is 2. The first kappa shape index (κ1) is 26.9. The molecule has 0 amide bonds. The fourth-order valence-corrected chi connectivity index (χ4v) is 7.80. The molecule has 4 heteroatoms. The maximum Gasteiger partial charge on any atom is 0.235 e. The van der Waals surface area contributed by atoms with Crippen LogP contribution in [0.25, 0.3) is 93.6 Å². The van der Waals surface area contributed by atoms with E-state index in [0.717, 1.165) is 44.2 Å². The van der Waals surface area contributed by atoms with Crippen LogP contribution >= 0.6 is 0 Å². The van der Waals surface area contributed by atoms with Crippen molar-refractivity contribution in [1.82, 2.24) is 19.5 Å². The number of hydrogen-bond acceptors (Lipinski definition) is 2. The van der Waals surface area contributed by atoms with Gasteiger partial charge < -0.3 is 4.98 Å². The van der Waals surface area contributed by atoms with Gasteiger partial charge in [0.05, 0.1) is 22.2 Å². The van der Waals surface area contributed by atoms with E-state index in [-0.39, 0.29) is 0 Å². The molecular formula is C44H30N4. The number of rotatable bonds is 3. The topological polar surface area (TPSA) is 46.5 Å². The summed E-state index contributed by atoms with van der Waals surface area (Å²) in [5, 5.41) is 8.43. The molecular weight excluding hydrogens is 585 g/mol. The van der Waals surface area contributed by atoms with Crippen LogP contribution in [0.15, 0.2) is 140 Å². The van der Waals surface area contributed by atoms with Gasteiger partial charge in [0, 0.05) is 43.5 Å². The maximum absolute atomic E-state index is 5.31. The average Bonchev–Trinajstić information content (AvgIpc) is 3.66. The zero-order chi connectivity index (χ0) is 31.9. The number of aromatic amines is 1. The number of hydrogen-bond donors (Lipinski definition) is 1. The average molecular weight is 615 g/mol. The quantitative estimate of drug-likeness (QED) is 0.215. The van der Waals surface area contributed by atoms with Crippen molar-refractivity contribution in [2.24, 2.45) is 0 Å². The Labute approximate surface area is 276 Å². The van der Waals surface area contributed by atoms with Gasteiger partial charge in [0.2, 0.25) is 5.95 Å².